The summed E-state index contributed by atoms with van der Waals surface area (Å²) in [5.41, 5.74) is 0.609. The molecule has 104 valence electrons. The van der Waals surface area contributed by atoms with Gasteiger partial charge in [0.05, 0.1) is 10.6 Å². The lowest BCUT2D eigenvalue weighted by Crippen LogP contribution is -2.47. The van der Waals surface area contributed by atoms with E-state index in [0.29, 0.717) is 0 Å². The fraction of sp³-hybridized carbons (Fsp3) is 0.533. The van der Waals surface area contributed by atoms with E-state index in [0.717, 1.165) is 31.2 Å². The lowest BCUT2D eigenvalue weighted by atomic mass is 9.75. The van der Waals surface area contributed by atoms with Crippen molar-refractivity contribution in [1.29, 1.82) is 0 Å². The highest BCUT2D eigenvalue weighted by Gasteiger charge is 2.39. The van der Waals surface area contributed by atoms with E-state index in [2.05, 4.69) is 0 Å². The van der Waals surface area contributed by atoms with Crippen LogP contribution >= 0.6 is 11.6 Å². The van der Waals surface area contributed by atoms with Gasteiger partial charge in [0.15, 0.2) is 0 Å². The van der Waals surface area contributed by atoms with E-state index >= 15 is 0 Å². The zero-order valence-corrected chi connectivity index (χ0v) is 12.1. The first-order valence-corrected chi connectivity index (χ1v) is 7.05. The molecular formula is C15H19ClFNO. The number of amides is 1. The fourth-order valence-electron chi connectivity index (χ4n) is 3.04. The highest BCUT2D eigenvalue weighted by molar-refractivity contribution is 6.30. The third kappa shape index (κ3) is 2.62. The largest absolute Gasteiger partial charge is 0.336 e. The molecule has 4 heteroatoms. The molecule has 0 aromatic heterocycles. The van der Waals surface area contributed by atoms with E-state index in [1.165, 1.54) is 12.5 Å². The Morgan fingerprint density at radius 3 is 2.47 bits per heavy atom. The maximum absolute atomic E-state index is 13.3. The highest BCUT2D eigenvalue weighted by atomic mass is 35.5. The normalized spacial score (nSPS) is 18.1. The van der Waals surface area contributed by atoms with Crippen LogP contribution in [0.1, 0.15) is 44.6 Å². The molecule has 0 bridgehead atoms. The van der Waals surface area contributed by atoms with Crippen molar-refractivity contribution < 1.29 is 9.18 Å². The van der Waals surface area contributed by atoms with Gasteiger partial charge < -0.3 is 4.90 Å². The summed E-state index contributed by atoms with van der Waals surface area (Å²) in [6.45, 7) is 1.57. The summed E-state index contributed by atoms with van der Waals surface area (Å²) in [7, 11) is 1.82. The molecule has 0 unspecified atom stereocenters. The Kier molecular flexibility index (Phi) is 4.14. The Labute approximate surface area is 118 Å². The fourth-order valence-corrected chi connectivity index (χ4v) is 3.22. The van der Waals surface area contributed by atoms with Gasteiger partial charge in [0.2, 0.25) is 5.91 Å². The molecular weight excluding hydrogens is 265 g/mol. The summed E-state index contributed by atoms with van der Waals surface area (Å²) in [4.78, 5) is 13.6. The molecule has 1 fully saturated rings. The summed E-state index contributed by atoms with van der Waals surface area (Å²) in [5, 5.41) is 0.124. The summed E-state index contributed by atoms with van der Waals surface area (Å²) in [5.74, 6) is -0.385. The molecule has 1 aliphatic rings. The topological polar surface area (TPSA) is 20.3 Å². The molecule has 1 aromatic rings. The number of rotatable bonds is 2. The van der Waals surface area contributed by atoms with Crippen LogP contribution in [-0.2, 0) is 10.3 Å². The summed E-state index contributed by atoms with van der Waals surface area (Å²) in [6.07, 6.45) is 5.15. The van der Waals surface area contributed by atoms with Crippen LogP contribution in [0, 0.1) is 5.82 Å². The van der Waals surface area contributed by atoms with E-state index in [-0.39, 0.29) is 16.5 Å². The van der Waals surface area contributed by atoms with Gasteiger partial charge >= 0.3 is 0 Å². The van der Waals surface area contributed by atoms with E-state index in [1.54, 1.807) is 24.0 Å². The molecule has 19 heavy (non-hydrogen) atoms. The van der Waals surface area contributed by atoms with Gasteiger partial charge in [-0.1, -0.05) is 36.9 Å². The van der Waals surface area contributed by atoms with Crippen LogP contribution in [-0.4, -0.2) is 17.9 Å². The first-order valence-electron chi connectivity index (χ1n) is 6.67. The number of hydrogen-bond acceptors (Lipinski definition) is 1. The molecule has 2 nitrogen and oxygen atoms in total. The van der Waals surface area contributed by atoms with Crippen LogP contribution < -0.4 is 0 Å². The van der Waals surface area contributed by atoms with Crippen molar-refractivity contribution in [3.63, 3.8) is 0 Å². The maximum atomic E-state index is 13.3. The quantitative estimate of drug-likeness (QED) is 0.800. The van der Waals surface area contributed by atoms with Crippen LogP contribution in [0.2, 0.25) is 5.02 Å². The third-order valence-electron chi connectivity index (χ3n) is 4.25. The Balaban J connectivity index is 2.47. The van der Waals surface area contributed by atoms with Gasteiger partial charge in [-0.2, -0.15) is 0 Å². The van der Waals surface area contributed by atoms with Crippen LogP contribution in [0.25, 0.3) is 0 Å². The van der Waals surface area contributed by atoms with Crippen LogP contribution in [0.3, 0.4) is 0 Å². The average molecular weight is 284 g/mol. The van der Waals surface area contributed by atoms with E-state index < -0.39 is 5.82 Å². The number of halogens is 2. The van der Waals surface area contributed by atoms with Gasteiger partial charge in [0, 0.05) is 14.0 Å². The summed E-state index contributed by atoms with van der Waals surface area (Å²) < 4.78 is 13.3. The van der Waals surface area contributed by atoms with Gasteiger partial charge in [0.25, 0.3) is 0 Å². The molecule has 1 amide bonds. The van der Waals surface area contributed by atoms with Gasteiger partial charge in [-0.3, -0.25) is 4.79 Å². The van der Waals surface area contributed by atoms with Crippen LogP contribution in [0.5, 0.6) is 0 Å². The Bertz CT molecular complexity index is 483. The zero-order valence-electron chi connectivity index (χ0n) is 11.4. The number of nitrogens with zero attached hydrogens (tertiary/aromatic N) is 1. The number of carbonyl (C=O) groups excluding carboxylic acids is 1. The van der Waals surface area contributed by atoms with Crippen LogP contribution in [0.4, 0.5) is 4.39 Å². The predicted octanol–water partition coefficient (Wildman–Crippen LogP) is 4.12. The van der Waals surface area contributed by atoms with Gasteiger partial charge in [-0.05, 0) is 30.5 Å². The molecule has 0 N–H and O–H groups in total. The minimum absolute atomic E-state index is 0.0300. The third-order valence-corrected chi connectivity index (χ3v) is 4.54. The minimum Gasteiger partial charge on any atom is -0.336 e. The Morgan fingerprint density at radius 2 is 1.95 bits per heavy atom. The van der Waals surface area contributed by atoms with E-state index in [9.17, 15) is 9.18 Å². The van der Waals surface area contributed by atoms with Crippen LogP contribution in [0.15, 0.2) is 18.2 Å². The molecule has 2 rings (SSSR count). The van der Waals surface area contributed by atoms with Crippen molar-refractivity contribution in [3.8, 4) is 0 Å². The van der Waals surface area contributed by atoms with Gasteiger partial charge in [0.1, 0.15) is 5.82 Å². The maximum Gasteiger partial charge on any atom is 0.219 e. The predicted molar refractivity (Wildman–Crippen MR) is 74.6 cm³/mol. The average Bonchev–Trinajstić information content (AvgIpc) is 2.41. The lowest BCUT2D eigenvalue weighted by Gasteiger charge is -2.45. The Hall–Kier alpha value is -1.09. The van der Waals surface area contributed by atoms with Crippen molar-refractivity contribution in [2.45, 2.75) is 44.6 Å². The number of hydrogen-bond donors (Lipinski definition) is 0. The molecule has 0 spiro atoms. The SMILES string of the molecule is CC(=O)N(C)C1(c2ccc(F)c(Cl)c2)CCCCC1. The van der Waals surface area contributed by atoms with Crippen molar-refractivity contribution in [2.24, 2.45) is 0 Å². The molecule has 1 saturated carbocycles. The summed E-state index contributed by atoms with van der Waals surface area (Å²) in [6, 6.07) is 4.82. The minimum atomic E-state index is -0.415. The molecule has 1 aliphatic carbocycles. The molecule has 1 aromatic carbocycles. The van der Waals surface area contributed by atoms with Crippen molar-refractivity contribution in [3.05, 3.63) is 34.6 Å². The number of benzene rings is 1. The molecule has 0 radical (unpaired) electrons. The Morgan fingerprint density at radius 1 is 1.32 bits per heavy atom. The first kappa shape index (κ1) is 14.3. The van der Waals surface area contributed by atoms with E-state index in [1.807, 2.05) is 7.05 Å². The van der Waals surface area contributed by atoms with Crippen molar-refractivity contribution in [1.82, 2.24) is 4.90 Å². The second-order valence-corrected chi connectivity index (χ2v) is 5.71. The monoisotopic (exact) mass is 283 g/mol. The molecule has 0 aliphatic heterocycles. The molecule has 0 atom stereocenters. The standard InChI is InChI=1S/C15H19ClFNO/c1-11(19)18(2)15(8-4-3-5-9-15)12-6-7-14(17)13(16)10-12/h6-7,10H,3-5,8-9H2,1-2H3. The number of carbonyl (C=O) groups is 1. The second-order valence-electron chi connectivity index (χ2n) is 5.30. The second kappa shape index (κ2) is 5.49. The molecule has 0 heterocycles. The lowest BCUT2D eigenvalue weighted by molar-refractivity contribution is -0.135. The highest BCUT2D eigenvalue weighted by Crippen LogP contribution is 2.42. The smallest absolute Gasteiger partial charge is 0.219 e. The first-order chi connectivity index (χ1) is 8.97. The summed E-state index contributed by atoms with van der Waals surface area (Å²) >= 11 is 5.90. The molecule has 0 saturated heterocycles. The van der Waals surface area contributed by atoms with Gasteiger partial charge in [-0.15, -0.1) is 0 Å². The van der Waals surface area contributed by atoms with Crippen molar-refractivity contribution >= 4 is 17.5 Å². The zero-order chi connectivity index (χ0) is 14.0. The van der Waals surface area contributed by atoms with Gasteiger partial charge in [-0.25, -0.2) is 4.39 Å². The van der Waals surface area contributed by atoms with E-state index in [4.69, 9.17) is 11.6 Å². The van der Waals surface area contributed by atoms with Crippen molar-refractivity contribution in [2.75, 3.05) is 7.05 Å².